The van der Waals surface area contributed by atoms with E-state index in [0.29, 0.717) is 35.8 Å². The molecule has 2 aromatic rings. The van der Waals surface area contributed by atoms with Gasteiger partial charge in [0.25, 0.3) is 0 Å². The van der Waals surface area contributed by atoms with E-state index in [1.165, 1.54) is 6.07 Å². The van der Waals surface area contributed by atoms with Gasteiger partial charge in [-0.15, -0.1) is 0 Å². The topological polar surface area (TPSA) is 43.8 Å². The number of hydrogen-bond acceptors (Lipinski definition) is 3. The van der Waals surface area contributed by atoms with Crippen LogP contribution in [0.15, 0.2) is 42.5 Å². The van der Waals surface area contributed by atoms with E-state index in [-0.39, 0.29) is 29.6 Å². The molecule has 6 heteroatoms. The van der Waals surface area contributed by atoms with Crippen molar-refractivity contribution in [3.05, 3.63) is 58.9 Å². The average Bonchev–Trinajstić information content (AvgIpc) is 3.09. The van der Waals surface area contributed by atoms with E-state index in [1.807, 2.05) is 4.90 Å². The van der Waals surface area contributed by atoms with Gasteiger partial charge in [-0.05, 0) is 36.8 Å². The highest BCUT2D eigenvalue weighted by atomic mass is 35.5. The summed E-state index contributed by atoms with van der Waals surface area (Å²) in [5, 5.41) is 10.5. The first-order valence-electron chi connectivity index (χ1n) is 7.83. The Labute approximate surface area is 144 Å². The highest BCUT2D eigenvalue weighted by molar-refractivity contribution is 6.30. The number of carbonyl (C=O) groups excluding carboxylic acids is 1. The summed E-state index contributed by atoms with van der Waals surface area (Å²) < 4.78 is 14.0. The Morgan fingerprint density at radius 3 is 2.79 bits per heavy atom. The van der Waals surface area contributed by atoms with Crippen molar-refractivity contribution in [3.63, 3.8) is 0 Å². The van der Waals surface area contributed by atoms with E-state index in [2.05, 4.69) is 0 Å². The summed E-state index contributed by atoms with van der Waals surface area (Å²) in [6, 6.07) is 10.9. The molecule has 1 amide bonds. The Morgan fingerprint density at radius 2 is 2.04 bits per heavy atom. The number of rotatable bonds is 3. The fraction of sp³-hybridized carbons (Fsp3) is 0.278. The molecule has 124 valence electrons. The number of para-hydroxylation sites is 1. The monoisotopic (exact) mass is 346 g/mol. The molecular formula is C18H16ClFN2O2. The van der Waals surface area contributed by atoms with Crippen molar-refractivity contribution < 1.29 is 14.3 Å². The van der Waals surface area contributed by atoms with Crippen LogP contribution in [0.2, 0.25) is 5.02 Å². The van der Waals surface area contributed by atoms with Crippen LogP contribution in [0.1, 0.15) is 12.0 Å². The zero-order valence-corrected chi connectivity index (χ0v) is 13.6. The number of likely N-dealkylation sites (tertiary alicyclic amines) is 1. The molecule has 2 heterocycles. The number of phenols is 1. The molecule has 0 saturated carbocycles. The zero-order valence-electron chi connectivity index (χ0n) is 12.8. The summed E-state index contributed by atoms with van der Waals surface area (Å²) in [5.41, 5.74) is 1.04. The Kier molecular flexibility index (Phi) is 3.70. The molecule has 2 bridgehead atoms. The first-order valence-corrected chi connectivity index (χ1v) is 8.21. The second-order valence-electron chi connectivity index (χ2n) is 6.27. The van der Waals surface area contributed by atoms with Gasteiger partial charge < -0.3 is 10.0 Å². The predicted molar refractivity (Wildman–Crippen MR) is 89.6 cm³/mol. The van der Waals surface area contributed by atoms with Crippen LogP contribution < -0.4 is 4.90 Å². The van der Waals surface area contributed by atoms with Crippen molar-refractivity contribution in [1.29, 1.82) is 0 Å². The Balaban J connectivity index is 1.56. The second-order valence-corrected chi connectivity index (χ2v) is 6.70. The highest BCUT2D eigenvalue weighted by Crippen LogP contribution is 2.38. The molecule has 0 unspecified atom stereocenters. The van der Waals surface area contributed by atoms with E-state index < -0.39 is 0 Å². The van der Waals surface area contributed by atoms with Gasteiger partial charge in [0.1, 0.15) is 11.6 Å². The van der Waals surface area contributed by atoms with Crippen molar-refractivity contribution in [3.8, 4) is 5.75 Å². The SMILES string of the molecule is O=C1[C@@H]2C[C@@H](CN2Cc2cc(Cl)ccc2O)N1c1ccccc1F. The lowest BCUT2D eigenvalue weighted by atomic mass is 10.1. The third kappa shape index (κ3) is 2.44. The Hall–Kier alpha value is -2.11. The van der Waals surface area contributed by atoms with E-state index >= 15 is 0 Å². The smallest absolute Gasteiger partial charge is 0.244 e. The Bertz CT molecular complexity index is 813. The quantitative estimate of drug-likeness (QED) is 0.928. The van der Waals surface area contributed by atoms with Gasteiger partial charge in [0.2, 0.25) is 5.91 Å². The molecule has 0 aromatic heterocycles. The molecule has 2 aliphatic rings. The minimum absolute atomic E-state index is 0.0410. The van der Waals surface area contributed by atoms with Crippen molar-refractivity contribution in [2.45, 2.75) is 25.0 Å². The first kappa shape index (κ1) is 15.4. The molecule has 2 fully saturated rings. The third-order valence-electron chi connectivity index (χ3n) is 4.80. The molecule has 0 radical (unpaired) electrons. The van der Waals surface area contributed by atoms with Crippen LogP contribution in [0, 0.1) is 5.82 Å². The summed E-state index contributed by atoms with van der Waals surface area (Å²) in [7, 11) is 0. The molecule has 24 heavy (non-hydrogen) atoms. The van der Waals surface area contributed by atoms with Gasteiger partial charge in [0, 0.05) is 23.7 Å². The van der Waals surface area contributed by atoms with Crippen LogP contribution in [-0.2, 0) is 11.3 Å². The molecule has 0 spiro atoms. The lowest BCUT2D eigenvalue weighted by Gasteiger charge is -2.34. The normalized spacial score (nSPS) is 23.2. The fourth-order valence-corrected chi connectivity index (χ4v) is 3.90. The molecule has 4 nitrogen and oxygen atoms in total. The number of benzene rings is 2. The summed E-state index contributed by atoms with van der Waals surface area (Å²) in [6.07, 6.45) is 0.675. The molecular weight excluding hydrogens is 331 g/mol. The molecule has 0 aliphatic carbocycles. The van der Waals surface area contributed by atoms with E-state index in [0.717, 1.165) is 0 Å². The number of halogens is 2. The molecule has 2 atom stereocenters. The van der Waals surface area contributed by atoms with Crippen molar-refractivity contribution in [2.75, 3.05) is 11.4 Å². The minimum atomic E-state index is -0.377. The molecule has 4 rings (SSSR count). The number of hydrogen-bond donors (Lipinski definition) is 1. The van der Waals surface area contributed by atoms with Gasteiger partial charge >= 0.3 is 0 Å². The number of aromatic hydroxyl groups is 1. The maximum atomic E-state index is 14.0. The molecule has 2 saturated heterocycles. The predicted octanol–water partition coefficient (Wildman–Crippen LogP) is 3.17. The van der Waals surface area contributed by atoms with Crippen LogP contribution in [0.25, 0.3) is 0 Å². The second kappa shape index (κ2) is 5.76. The van der Waals surface area contributed by atoms with Gasteiger partial charge in [-0.25, -0.2) is 4.39 Å². The van der Waals surface area contributed by atoms with Gasteiger partial charge in [-0.2, -0.15) is 0 Å². The number of piperazine rings is 1. The number of nitrogens with zero attached hydrogens (tertiary/aromatic N) is 2. The van der Waals surface area contributed by atoms with Crippen molar-refractivity contribution in [1.82, 2.24) is 4.90 Å². The van der Waals surface area contributed by atoms with Gasteiger partial charge in [-0.3, -0.25) is 9.69 Å². The lowest BCUT2D eigenvalue weighted by molar-refractivity contribution is -0.122. The Morgan fingerprint density at radius 1 is 1.25 bits per heavy atom. The lowest BCUT2D eigenvalue weighted by Crippen LogP contribution is -2.50. The molecule has 1 N–H and O–H groups in total. The minimum Gasteiger partial charge on any atom is -0.508 e. The van der Waals surface area contributed by atoms with Crippen LogP contribution in [0.3, 0.4) is 0 Å². The van der Waals surface area contributed by atoms with Gasteiger partial charge in [-0.1, -0.05) is 23.7 Å². The summed E-state index contributed by atoms with van der Waals surface area (Å²) in [5.74, 6) is -0.295. The number of carbonyl (C=O) groups is 1. The van der Waals surface area contributed by atoms with Crippen LogP contribution in [-0.4, -0.2) is 34.5 Å². The standard InChI is InChI=1S/C18H16ClFN2O2/c19-12-5-6-17(23)11(7-12)9-21-10-13-8-16(21)18(24)22(13)15-4-2-1-3-14(15)20/h1-7,13,16,23H,8-10H2/t13-,16-/m0/s1. The maximum absolute atomic E-state index is 14.0. The summed E-state index contributed by atoms with van der Waals surface area (Å²) in [4.78, 5) is 16.3. The van der Waals surface area contributed by atoms with E-state index in [9.17, 15) is 14.3 Å². The van der Waals surface area contributed by atoms with Crippen molar-refractivity contribution in [2.24, 2.45) is 0 Å². The highest BCUT2D eigenvalue weighted by Gasteiger charge is 2.50. The van der Waals surface area contributed by atoms with Gasteiger partial charge in [0.15, 0.2) is 0 Å². The van der Waals surface area contributed by atoms with Crippen LogP contribution in [0.5, 0.6) is 5.75 Å². The van der Waals surface area contributed by atoms with E-state index in [1.54, 1.807) is 41.3 Å². The number of phenolic OH excluding ortho intramolecular Hbond substituents is 1. The van der Waals surface area contributed by atoms with E-state index in [4.69, 9.17) is 11.6 Å². The van der Waals surface area contributed by atoms with Crippen LogP contribution >= 0.6 is 11.6 Å². The average molecular weight is 347 g/mol. The van der Waals surface area contributed by atoms with Crippen molar-refractivity contribution >= 4 is 23.2 Å². The number of anilines is 1. The van der Waals surface area contributed by atoms with Crippen LogP contribution in [0.4, 0.5) is 10.1 Å². The largest absolute Gasteiger partial charge is 0.508 e. The fourth-order valence-electron chi connectivity index (χ4n) is 3.70. The maximum Gasteiger partial charge on any atom is 0.244 e. The number of fused-ring (bicyclic) bond motifs is 2. The summed E-state index contributed by atoms with van der Waals surface area (Å²) in [6.45, 7) is 1.10. The third-order valence-corrected chi connectivity index (χ3v) is 5.03. The summed E-state index contributed by atoms with van der Waals surface area (Å²) >= 11 is 5.98. The molecule has 2 aromatic carbocycles. The zero-order chi connectivity index (χ0) is 16.8. The first-order chi connectivity index (χ1) is 11.5. The van der Waals surface area contributed by atoms with Gasteiger partial charge in [0.05, 0.1) is 17.8 Å². The number of amides is 1. The molecule has 2 aliphatic heterocycles.